The number of rotatable bonds is 5. The molecule has 2 rings (SSSR count). The topological polar surface area (TPSA) is 47.9 Å². The summed E-state index contributed by atoms with van der Waals surface area (Å²) in [5.74, 6) is -0.889. The number of nitrogens with zero attached hydrogens (tertiary/aromatic N) is 1. The van der Waals surface area contributed by atoms with Crippen LogP contribution in [0.5, 0.6) is 0 Å². The quantitative estimate of drug-likeness (QED) is 0.749. The summed E-state index contributed by atoms with van der Waals surface area (Å²) in [6, 6.07) is 7.38. The predicted molar refractivity (Wildman–Crippen MR) is 90.1 cm³/mol. The first-order chi connectivity index (χ1) is 10.3. The van der Waals surface area contributed by atoms with Crippen molar-refractivity contribution in [3.63, 3.8) is 0 Å². The van der Waals surface area contributed by atoms with Crippen LogP contribution in [0.3, 0.4) is 0 Å². The summed E-state index contributed by atoms with van der Waals surface area (Å²) in [5, 5.41) is 0.624. The highest BCUT2D eigenvalue weighted by molar-refractivity contribution is 7.85. The molecule has 1 aromatic carbocycles. The minimum Gasteiger partial charge on any atom is -0.453 e. The fourth-order valence-electron chi connectivity index (χ4n) is 1.96. The number of hydrogen-bond donors (Lipinski definition) is 0. The van der Waals surface area contributed by atoms with E-state index in [0.717, 1.165) is 5.56 Å². The van der Waals surface area contributed by atoms with Crippen LogP contribution in [0.1, 0.15) is 39.2 Å². The standard InChI is InChI=1S/C16H20ClNO3S/c1-15(2,3)22(19)18-9-5-8-16(20-10-11-21-16)13-6-4-7-14(17)12-13/h4,6-7,9-12H,5,8H2,1-3H3/t22-/m0/s1. The lowest BCUT2D eigenvalue weighted by atomic mass is 10.0. The minimum atomic E-state index is -1.25. The molecule has 0 amide bonds. The van der Waals surface area contributed by atoms with Crippen LogP contribution in [0, 0.1) is 0 Å². The van der Waals surface area contributed by atoms with E-state index in [4.69, 9.17) is 21.1 Å². The Bertz CT molecular complexity index is 600. The van der Waals surface area contributed by atoms with Gasteiger partial charge in [-0.25, -0.2) is 4.21 Å². The van der Waals surface area contributed by atoms with E-state index in [0.29, 0.717) is 17.9 Å². The molecule has 6 heteroatoms. The van der Waals surface area contributed by atoms with E-state index >= 15 is 0 Å². The highest BCUT2D eigenvalue weighted by atomic mass is 35.5. The Kier molecular flexibility index (Phi) is 5.29. The van der Waals surface area contributed by atoms with Gasteiger partial charge in [-0.15, -0.1) is 0 Å². The molecule has 0 spiro atoms. The van der Waals surface area contributed by atoms with Crippen LogP contribution < -0.4 is 0 Å². The van der Waals surface area contributed by atoms with Crippen molar-refractivity contribution in [3.8, 4) is 0 Å². The predicted octanol–water partition coefficient (Wildman–Crippen LogP) is 4.32. The molecule has 0 saturated heterocycles. The third-order valence-electron chi connectivity index (χ3n) is 3.13. The molecule has 120 valence electrons. The molecule has 0 radical (unpaired) electrons. The summed E-state index contributed by atoms with van der Waals surface area (Å²) in [6.45, 7) is 5.67. The maximum absolute atomic E-state index is 11.9. The Labute approximate surface area is 138 Å². The third kappa shape index (κ3) is 4.11. The first-order valence-corrected chi connectivity index (χ1v) is 8.53. The summed E-state index contributed by atoms with van der Waals surface area (Å²) >= 11 is 6.04. The number of halogens is 1. The molecule has 4 nitrogen and oxygen atoms in total. The molecular weight excluding hydrogens is 322 g/mol. The van der Waals surface area contributed by atoms with Crippen molar-refractivity contribution in [2.45, 2.75) is 44.1 Å². The zero-order valence-electron chi connectivity index (χ0n) is 12.9. The first kappa shape index (κ1) is 17.0. The molecule has 0 unspecified atom stereocenters. The maximum Gasteiger partial charge on any atom is 0.277 e. The Hall–Kier alpha value is -1.33. The van der Waals surface area contributed by atoms with Gasteiger partial charge in [0.2, 0.25) is 0 Å². The first-order valence-electron chi connectivity index (χ1n) is 7.05. The smallest absolute Gasteiger partial charge is 0.277 e. The summed E-state index contributed by atoms with van der Waals surface area (Å²) in [4.78, 5) is 0. The van der Waals surface area contributed by atoms with Crippen molar-refractivity contribution >= 4 is 28.8 Å². The van der Waals surface area contributed by atoms with Crippen molar-refractivity contribution < 1.29 is 13.7 Å². The summed E-state index contributed by atoms with van der Waals surface area (Å²) in [7, 11) is -1.25. The van der Waals surface area contributed by atoms with Gasteiger partial charge in [-0.05, 0) is 39.3 Å². The van der Waals surface area contributed by atoms with Crippen LogP contribution in [0.15, 0.2) is 41.2 Å². The Morgan fingerprint density at radius 3 is 2.59 bits per heavy atom. The average Bonchev–Trinajstić information content (AvgIpc) is 2.92. The van der Waals surface area contributed by atoms with E-state index in [9.17, 15) is 4.21 Å². The van der Waals surface area contributed by atoms with Crippen LogP contribution in [0.4, 0.5) is 0 Å². The van der Waals surface area contributed by atoms with Gasteiger partial charge in [-0.1, -0.05) is 23.7 Å². The van der Waals surface area contributed by atoms with Gasteiger partial charge >= 0.3 is 0 Å². The fraction of sp³-hybridized carbons (Fsp3) is 0.438. The van der Waals surface area contributed by atoms with E-state index < -0.39 is 16.8 Å². The molecule has 0 N–H and O–H groups in total. The second-order valence-corrected chi connectivity index (χ2v) is 8.33. The van der Waals surface area contributed by atoms with Crippen molar-refractivity contribution in [1.29, 1.82) is 0 Å². The molecule has 1 aliphatic heterocycles. The molecule has 0 saturated carbocycles. The lowest BCUT2D eigenvalue weighted by molar-refractivity contribution is -0.153. The Balaban J connectivity index is 2.05. The van der Waals surface area contributed by atoms with E-state index in [2.05, 4.69) is 4.40 Å². The molecule has 22 heavy (non-hydrogen) atoms. The van der Waals surface area contributed by atoms with E-state index in [1.165, 1.54) is 12.5 Å². The van der Waals surface area contributed by atoms with Crippen LogP contribution >= 0.6 is 11.6 Å². The summed E-state index contributed by atoms with van der Waals surface area (Å²) < 4.78 is 26.9. The van der Waals surface area contributed by atoms with Gasteiger partial charge in [-0.3, -0.25) is 0 Å². The SMILES string of the molecule is CC(C)(C)[S@](=O)N=CCCC1(c2cccc(Cl)c2)OC=CO1. The molecule has 1 atom stereocenters. The maximum atomic E-state index is 11.9. The second kappa shape index (κ2) is 6.84. The highest BCUT2D eigenvalue weighted by Gasteiger charge is 2.37. The number of benzene rings is 1. The molecule has 1 aliphatic rings. The molecule has 0 fully saturated rings. The molecule has 1 heterocycles. The summed E-state index contributed by atoms with van der Waals surface area (Å²) in [5.41, 5.74) is 0.843. The van der Waals surface area contributed by atoms with E-state index in [1.807, 2.05) is 39.0 Å². The van der Waals surface area contributed by atoms with E-state index in [-0.39, 0.29) is 4.75 Å². The van der Waals surface area contributed by atoms with Gasteiger partial charge in [0, 0.05) is 23.2 Å². The molecular formula is C16H20ClNO3S. The van der Waals surface area contributed by atoms with Crippen molar-refractivity contribution in [2.24, 2.45) is 4.40 Å². The second-order valence-electron chi connectivity index (χ2n) is 5.96. The van der Waals surface area contributed by atoms with E-state index in [1.54, 1.807) is 12.3 Å². The van der Waals surface area contributed by atoms with Gasteiger partial charge in [0.15, 0.2) is 0 Å². The third-order valence-corrected chi connectivity index (χ3v) is 4.76. The normalized spacial score (nSPS) is 18.2. The molecule has 1 aromatic rings. The van der Waals surface area contributed by atoms with Crippen LogP contribution in [-0.2, 0) is 26.2 Å². The monoisotopic (exact) mass is 341 g/mol. The highest BCUT2D eigenvalue weighted by Crippen LogP contribution is 2.37. The zero-order valence-corrected chi connectivity index (χ0v) is 14.5. The molecule has 0 aromatic heterocycles. The Morgan fingerprint density at radius 2 is 2.00 bits per heavy atom. The largest absolute Gasteiger partial charge is 0.453 e. The molecule has 0 aliphatic carbocycles. The fourth-order valence-corrected chi connectivity index (χ4v) is 2.71. The lowest BCUT2D eigenvalue weighted by Gasteiger charge is -2.27. The molecule has 0 bridgehead atoms. The van der Waals surface area contributed by atoms with Gasteiger partial charge in [0.05, 0.1) is 4.75 Å². The van der Waals surface area contributed by atoms with Gasteiger partial charge in [0.25, 0.3) is 5.79 Å². The van der Waals surface area contributed by atoms with Gasteiger partial charge in [-0.2, -0.15) is 4.40 Å². The average molecular weight is 342 g/mol. The van der Waals surface area contributed by atoms with Crippen LogP contribution in [0.25, 0.3) is 0 Å². The van der Waals surface area contributed by atoms with Crippen LogP contribution in [0.2, 0.25) is 5.02 Å². The van der Waals surface area contributed by atoms with Crippen molar-refractivity contribution in [3.05, 3.63) is 47.4 Å². The van der Waals surface area contributed by atoms with Crippen molar-refractivity contribution in [2.75, 3.05) is 0 Å². The number of hydrogen-bond acceptors (Lipinski definition) is 3. The summed E-state index contributed by atoms with van der Waals surface area (Å²) in [6.07, 6.45) is 5.83. The van der Waals surface area contributed by atoms with Crippen LogP contribution in [-0.4, -0.2) is 15.2 Å². The lowest BCUT2D eigenvalue weighted by Crippen LogP contribution is -2.27. The minimum absolute atomic E-state index is 0.358. The Morgan fingerprint density at radius 1 is 1.32 bits per heavy atom. The van der Waals surface area contributed by atoms with Crippen molar-refractivity contribution in [1.82, 2.24) is 0 Å². The van der Waals surface area contributed by atoms with Gasteiger partial charge in [0.1, 0.15) is 23.5 Å². The zero-order chi connectivity index (χ0) is 16.2. The number of ether oxygens (including phenoxy) is 2. The van der Waals surface area contributed by atoms with Gasteiger partial charge < -0.3 is 9.47 Å².